The van der Waals surface area contributed by atoms with E-state index in [1.54, 1.807) is 4.90 Å². The third-order valence-electron chi connectivity index (χ3n) is 3.79. The van der Waals surface area contributed by atoms with E-state index in [1.165, 1.54) is 0 Å². The van der Waals surface area contributed by atoms with E-state index in [-0.39, 0.29) is 5.41 Å². The van der Waals surface area contributed by atoms with Gasteiger partial charge in [-0.3, -0.25) is 0 Å². The van der Waals surface area contributed by atoms with Crippen molar-refractivity contribution in [2.24, 2.45) is 0 Å². The lowest BCUT2D eigenvalue weighted by Crippen LogP contribution is -2.14. The van der Waals surface area contributed by atoms with E-state index >= 15 is 0 Å². The summed E-state index contributed by atoms with van der Waals surface area (Å²) in [4.78, 5) is 6.24. The highest BCUT2D eigenvalue weighted by atomic mass is 35.5. The van der Waals surface area contributed by atoms with Crippen LogP contribution in [0.5, 0.6) is 0 Å². The van der Waals surface area contributed by atoms with E-state index in [2.05, 4.69) is 15.5 Å². The number of nitrogens with one attached hydrogen (secondary N) is 1. The Morgan fingerprint density at radius 2 is 1.86 bits per heavy atom. The first-order valence-electron chi connectivity index (χ1n) is 6.67. The summed E-state index contributed by atoms with van der Waals surface area (Å²) >= 11 is 12.9. The Hall–Kier alpha value is -1.46. The maximum Gasteiger partial charge on any atom is 0.323 e. The van der Waals surface area contributed by atoms with Gasteiger partial charge in [0.15, 0.2) is 5.82 Å². The molecule has 0 saturated heterocycles. The van der Waals surface area contributed by atoms with Crippen LogP contribution in [0.15, 0.2) is 16.7 Å². The van der Waals surface area contributed by atoms with Gasteiger partial charge in [-0.15, -0.1) is 0 Å². The van der Waals surface area contributed by atoms with Crippen molar-refractivity contribution in [1.82, 2.24) is 10.1 Å². The number of halogens is 2. The molecule has 2 aromatic rings. The van der Waals surface area contributed by atoms with Gasteiger partial charge in [0.25, 0.3) is 0 Å². The molecule has 0 unspecified atom stereocenters. The molecule has 1 heterocycles. The van der Waals surface area contributed by atoms with Crippen LogP contribution >= 0.6 is 23.2 Å². The van der Waals surface area contributed by atoms with Gasteiger partial charge in [0.05, 0.1) is 5.41 Å². The molecule has 1 saturated carbocycles. The highest BCUT2D eigenvalue weighted by molar-refractivity contribution is 6.36. The zero-order valence-electron chi connectivity index (χ0n) is 12.1. The van der Waals surface area contributed by atoms with Gasteiger partial charge in [-0.25, -0.2) is 0 Å². The monoisotopic (exact) mass is 326 g/mol. The van der Waals surface area contributed by atoms with Crippen molar-refractivity contribution in [1.29, 1.82) is 0 Å². The van der Waals surface area contributed by atoms with Crippen molar-refractivity contribution in [3.63, 3.8) is 0 Å². The molecule has 1 fully saturated rings. The summed E-state index contributed by atoms with van der Waals surface area (Å²) in [6.45, 7) is 0. The summed E-state index contributed by atoms with van der Waals surface area (Å²) < 4.78 is 5.26. The maximum absolute atomic E-state index is 6.44. The van der Waals surface area contributed by atoms with Crippen LogP contribution in [0.1, 0.15) is 24.2 Å². The van der Waals surface area contributed by atoms with Gasteiger partial charge in [-0.1, -0.05) is 28.4 Å². The summed E-state index contributed by atoms with van der Waals surface area (Å²) in [6, 6.07) is 4.22. The second kappa shape index (κ2) is 5.07. The molecule has 0 bridgehead atoms. The zero-order chi connectivity index (χ0) is 15.2. The molecule has 0 spiro atoms. The number of hydrogen-bond acceptors (Lipinski definition) is 5. The van der Waals surface area contributed by atoms with E-state index < -0.39 is 0 Å². The molecule has 21 heavy (non-hydrogen) atoms. The topological polar surface area (TPSA) is 54.2 Å². The molecule has 0 atom stereocenters. The molecule has 0 radical (unpaired) electrons. The summed E-state index contributed by atoms with van der Waals surface area (Å²) in [5, 5.41) is 8.40. The number of benzene rings is 1. The average molecular weight is 327 g/mol. The number of nitrogens with zero attached hydrogens (tertiary/aromatic N) is 3. The van der Waals surface area contributed by atoms with Crippen LogP contribution in [0.25, 0.3) is 0 Å². The minimum atomic E-state index is -0.321. The largest absolute Gasteiger partial charge is 0.388 e. The van der Waals surface area contributed by atoms with E-state index in [9.17, 15) is 0 Å². The molecular formula is C14H16Cl2N4O. The van der Waals surface area contributed by atoms with Gasteiger partial charge in [-0.05, 0) is 25.0 Å². The second-order valence-electron chi connectivity index (χ2n) is 5.44. The standard InChI is InChI=1S/C14H16Cl2N4O/c1-17-8-6-9(15)11(10(16)7-8)14(4-5-14)12-18-13(20(2)3)21-19-12/h6-7,17H,4-5H2,1-3H3. The third kappa shape index (κ3) is 2.34. The molecule has 1 aromatic carbocycles. The van der Waals surface area contributed by atoms with Crippen LogP contribution in [-0.2, 0) is 5.41 Å². The first-order chi connectivity index (χ1) is 9.98. The maximum atomic E-state index is 6.44. The smallest absolute Gasteiger partial charge is 0.323 e. The third-order valence-corrected chi connectivity index (χ3v) is 4.38. The minimum Gasteiger partial charge on any atom is -0.388 e. The van der Waals surface area contributed by atoms with E-state index in [0.717, 1.165) is 24.1 Å². The van der Waals surface area contributed by atoms with Crippen molar-refractivity contribution in [2.75, 3.05) is 31.4 Å². The van der Waals surface area contributed by atoms with Gasteiger partial charge >= 0.3 is 6.01 Å². The van der Waals surface area contributed by atoms with E-state index in [1.807, 2.05) is 33.3 Å². The molecular weight excluding hydrogens is 311 g/mol. The molecule has 1 N–H and O–H groups in total. The molecule has 1 aromatic heterocycles. The Bertz CT molecular complexity index is 656. The van der Waals surface area contributed by atoms with Gasteiger partial charge in [0.2, 0.25) is 0 Å². The highest BCUT2D eigenvalue weighted by Gasteiger charge is 2.52. The predicted octanol–water partition coefficient (Wildman–Crippen LogP) is 3.56. The van der Waals surface area contributed by atoms with Crippen LogP contribution in [0.2, 0.25) is 10.0 Å². The molecule has 112 valence electrons. The average Bonchev–Trinajstić information content (AvgIpc) is 3.05. The molecule has 1 aliphatic rings. The van der Waals surface area contributed by atoms with Gasteiger partial charge in [0, 0.05) is 42.4 Å². The number of rotatable bonds is 4. The molecule has 0 aliphatic heterocycles. The predicted molar refractivity (Wildman–Crippen MR) is 84.6 cm³/mol. The molecule has 5 nitrogen and oxygen atoms in total. The molecule has 3 rings (SSSR count). The van der Waals surface area contributed by atoms with Crippen molar-refractivity contribution >= 4 is 34.9 Å². The Morgan fingerprint density at radius 1 is 1.24 bits per heavy atom. The Balaban J connectivity index is 2.06. The summed E-state index contributed by atoms with van der Waals surface area (Å²) in [5.41, 5.74) is 1.45. The Labute approximate surface area is 133 Å². The quantitative estimate of drug-likeness (QED) is 0.930. The van der Waals surface area contributed by atoms with Gasteiger partial charge in [-0.2, -0.15) is 4.98 Å². The minimum absolute atomic E-state index is 0.321. The zero-order valence-corrected chi connectivity index (χ0v) is 13.6. The summed E-state index contributed by atoms with van der Waals surface area (Å²) in [7, 11) is 5.55. The molecule has 7 heteroatoms. The number of aromatic nitrogens is 2. The normalized spacial score (nSPS) is 15.9. The van der Waals surface area contributed by atoms with E-state index in [0.29, 0.717) is 21.9 Å². The van der Waals surface area contributed by atoms with Crippen LogP contribution in [0.4, 0.5) is 11.7 Å². The van der Waals surface area contributed by atoms with Crippen LogP contribution < -0.4 is 10.2 Å². The van der Waals surface area contributed by atoms with Crippen LogP contribution in [0, 0.1) is 0 Å². The van der Waals surface area contributed by atoms with Crippen molar-refractivity contribution < 1.29 is 4.52 Å². The lowest BCUT2D eigenvalue weighted by Gasteiger charge is -2.16. The van der Waals surface area contributed by atoms with Gasteiger partial charge < -0.3 is 14.7 Å². The Morgan fingerprint density at radius 3 is 2.29 bits per heavy atom. The number of anilines is 2. The van der Waals surface area contributed by atoms with Crippen LogP contribution in [0.3, 0.4) is 0 Å². The lowest BCUT2D eigenvalue weighted by atomic mass is 9.94. The first-order valence-corrected chi connectivity index (χ1v) is 7.42. The summed E-state index contributed by atoms with van der Waals surface area (Å²) in [5.74, 6) is 0.646. The fourth-order valence-electron chi connectivity index (χ4n) is 2.48. The fourth-order valence-corrected chi connectivity index (χ4v) is 3.33. The van der Waals surface area contributed by atoms with Crippen molar-refractivity contribution in [3.05, 3.63) is 33.6 Å². The first kappa shape index (κ1) is 14.5. The van der Waals surface area contributed by atoms with Gasteiger partial charge in [0.1, 0.15) is 0 Å². The SMILES string of the molecule is CNc1cc(Cl)c(C2(c3noc(N(C)C)n3)CC2)c(Cl)c1. The van der Waals surface area contributed by atoms with Crippen molar-refractivity contribution in [3.8, 4) is 0 Å². The lowest BCUT2D eigenvalue weighted by molar-refractivity contribution is 0.410. The highest BCUT2D eigenvalue weighted by Crippen LogP contribution is 2.56. The summed E-state index contributed by atoms with van der Waals surface area (Å²) in [6.07, 6.45) is 1.83. The molecule has 0 amide bonds. The van der Waals surface area contributed by atoms with E-state index in [4.69, 9.17) is 27.7 Å². The fraction of sp³-hybridized carbons (Fsp3) is 0.429. The molecule has 1 aliphatic carbocycles. The Kier molecular flexibility index (Phi) is 3.50. The van der Waals surface area contributed by atoms with Crippen molar-refractivity contribution in [2.45, 2.75) is 18.3 Å². The van der Waals surface area contributed by atoms with Crippen LogP contribution in [-0.4, -0.2) is 31.3 Å². The number of hydrogen-bond donors (Lipinski definition) is 1. The second-order valence-corrected chi connectivity index (χ2v) is 6.26.